The van der Waals surface area contributed by atoms with Gasteiger partial charge in [-0.15, -0.1) is 0 Å². The number of nitrogens with zero attached hydrogens (tertiary/aromatic N) is 2. The minimum atomic E-state index is -4.61. The van der Waals surface area contributed by atoms with E-state index in [1.165, 1.54) is 4.90 Å². The summed E-state index contributed by atoms with van der Waals surface area (Å²) >= 11 is 0. The number of nitrogens with two attached hydrogens (primary N) is 1. The summed E-state index contributed by atoms with van der Waals surface area (Å²) in [5, 5.41) is 19.0. The van der Waals surface area contributed by atoms with Crippen LogP contribution in [0.1, 0.15) is 24.0 Å². The Morgan fingerprint density at radius 3 is 2.68 bits per heavy atom. The first-order valence-corrected chi connectivity index (χ1v) is 6.56. The fourth-order valence-corrected chi connectivity index (χ4v) is 2.55. The van der Waals surface area contributed by atoms with Crippen LogP contribution < -0.4 is 10.6 Å². The molecule has 8 heteroatoms. The molecule has 1 heterocycles. The van der Waals surface area contributed by atoms with Gasteiger partial charge in [0.2, 0.25) is 0 Å². The highest BCUT2D eigenvalue weighted by atomic mass is 19.4. The van der Waals surface area contributed by atoms with Gasteiger partial charge in [-0.2, -0.15) is 18.4 Å². The van der Waals surface area contributed by atoms with Crippen LogP contribution in [0.15, 0.2) is 18.2 Å². The number of halogens is 3. The molecule has 2 rings (SSSR count). The molecule has 0 bridgehead atoms. The maximum Gasteiger partial charge on any atom is 0.418 e. The van der Waals surface area contributed by atoms with Gasteiger partial charge in [0.1, 0.15) is 0 Å². The average Bonchev–Trinajstić information content (AvgIpc) is 2.45. The standard InChI is InChI=1S/C14H14F3N3O2/c15-14(16,17)10-3-2-9(7-18)6-11(10)20-5-1-4-13(22,8-20)12(19)21/h2-3,6,22H,1,4-5,8H2,(H2,19,21). The van der Waals surface area contributed by atoms with Crippen molar-refractivity contribution in [1.82, 2.24) is 0 Å². The topological polar surface area (TPSA) is 90.3 Å². The molecule has 0 saturated carbocycles. The molecule has 0 aromatic heterocycles. The highest BCUT2D eigenvalue weighted by molar-refractivity contribution is 5.84. The van der Waals surface area contributed by atoms with Crippen molar-refractivity contribution in [2.75, 3.05) is 18.0 Å². The van der Waals surface area contributed by atoms with Gasteiger partial charge in [-0.25, -0.2) is 0 Å². The zero-order valence-electron chi connectivity index (χ0n) is 11.5. The van der Waals surface area contributed by atoms with Crippen LogP contribution in [-0.2, 0) is 11.0 Å². The van der Waals surface area contributed by atoms with Crippen molar-refractivity contribution < 1.29 is 23.1 Å². The number of β-amino-alcohol motifs (C(OH)–C–C–N with tert-alkyl or cyclic N) is 1. The number of primary amides is 1. The number of anilines is 1. The predicted octanol–water partition coefficient (Wildman–Crippen LogP) is 1.39. The van der Waals surface area contributed by atoms with E-state index in [2.05, 4.69) is 0 Å². The van der Waals surface area contributed by atoms with Crippen LogP contribution >= 0.6 is 0 Å². The number of alkyl halides is 3. The largest absolute Gasteiger partial charge is 0.418 e. The van der Waals surface area contributed by atoms with Crippen LogP contribution in [0.5, 0.6) is 0 Å². The predicted molar refractivity (Wildman–Crippen MR) is 71.8 cm³/mol. The lowest BCUT2D eigenvalue weighted by Gasteiger charge is -2.39. The summed E-state index contributed by atoms with van der Waals surface area (Å²) in [6.07, 6.45) is -4.20. The first kappa shape index (κ1) is 16.1. The van der Waals surface area contributed by atoms with E-state index in [0.717, 1.165) is 18.2 Å². The van der Waals surface area contributed by atoms with Crippen LogP contribution in [0.2, 0.25) is 0 Å². The second kappa shape index (κ2) is 5.50. The minimum absolute atomic E-state index is 0.0659. The number of nitriles is 1. The lowest BCUT2D eigenvalue weighted by molar-refractivity contribution is -0.137. The van der Waals surface area contributed by atoms with Gasteiger partial charge in [0.05, 0.1) is 29.4 Å². The monoisotopic (exact) mass is 313 g/mol. The van der Waals surface area contributed by atoms with E-state index >= 15 is 0 Å². The third-order valence-corrected chi connectivity index (χ3v) is 3.70. The molecule has 118 valence electrons. The first-order chi connectivity index (χ1) is 10.2. The summed E-state index contributed by atoms with van der Waals surface area (Å²) in [5.41, 5.74) is 2.18. The van der Waals surface area contributed by atoms with Crippen LogP contribution in [0, 0.1) is 11.3 Å². The van der Waals surface area contributed by atoms with Crippen LogP contribution in [-0.4, -0.2) is 29.7 Å². The van der Waals surface area contributed by atoms with E-state index < -0.39 is 23.2 Å². The number of amides is 1. The zero-order valence-corrected chi connectivity index (χ0v) is 11.5. The molecule has 1 amide bonds. The summed E-state index contributed by atoms with van der Waals surface area (Å²) in [7, 11) is 0. The number of hydrogen-bond donors (Lipinski definition) is 2. The van der Waals surface area contributed by atoms with Gasteiger partial charge in [0.15, 0.2) is 5.60 Å². The van der Waals surface area contributed by atoms with Crippen molar-refractivity contribution in [2.24, 2.45) is 5.73 Å². The zero-order chi connectivity index (χ0) is 16.5. The molecular formula is C14H14F3N3O2. The third-order valence-electron chi connectivity index (χ3n) is 3.70. The van der Waals surface area contributed by atoms with Crippen molar-refractivity contribution in [2.45, 2.75) is 24.6 Å². The minimum Gasteiger partial charge on any atom is -0.378 e. The molecule has 1 aliphatic heterocycles. The Morgan fingerprint density at radius 1 is 1.45 bits per heavy atom. The average molecular weight is 313 g/mol. The molecule has 22 heavy (non-hydrogen) atoms. The van der Waals surface area contributed by atoms with E-state index in [4.69, 9.17) is 11.0 Å². The number of carbonyl (C=O) groups excluding carboxylic acids is 1. The Labute approximate surface area is 124 Å². The highest BCUT2D eigenvalue weighted by Crippen LogP contribution is 2.38. The van der Waals surface area contributed by atoms with Crippen molar-refractivity contribution in [3.05, 3.63) is 29.3 Å². The molecule has 0 radical (unpaired) electrons. The summed E-state index contributed by atoms with van der Waals surface area (Å²) in [6, 6.07) is 4.79. The third kappa shape index (κ3) is 2.99. The Kier molecular flexibility index (Phi) is 4.02. The number of piperidine rings is 1. The number of hydrogen-bond acceptors (Lipinski definition) is 4. The fraction of sp³-hybridized carbons (Fsp3) is 0.429. The number of rotatable bonds is 2. The lowest BCUT2D eigenvalue weighted by atomic mass is 9.91. The van der Waals surface area contributed by atoms with Gasteiger partial charge in [0.25, 0.3) is 5.91 Å². The Bertz CT molecular complexity index is 639. The number of benzene rings is 1. The maximum atomic E-state index is 13.1. The SMILES string of the molecule is N#Cc1ccc(C(F)(F)F)c(N2CCCC(O)(C(N)=O)C2)c1. The maximum absolute atomic E-state index is 13.1. The lowest BCUT2D eigenvalue weighted by Crippen LogP contribution is -2.56. The Morgan fingerprint density at radius 2 is 2.14 bits per heavy atom. The van der Waals surface area contributed by atoms with Crippen molar-refractivity contribution >= 4 is 11.6 Å². The molecule has 1 aromatic carbocycles. The van der Waals surface area contributed by atoms with Gasteiger partial charge in [-0.05, 0) is 31.0 Å². The van der Waals surface area contributed by atoms with Crippen molar-refractivity contribution in [3.8, 4) is 6.07 Å². The second-order valence-electron chi connectivity index (χ2n) is 5.26. The van der Waals surface area contributed by atoms with Crippen molar-refractivity contribution in [3.63, 3.8) is 0 Å². The molecule has 3 N–H and O–H groups in total. The Balaban J connectivity index is 2.47. The smallest absolute Gasteiger partial charge is 0.378 e. The molecule has 1 atom stereocenters. The summed E-state index contributed by atoms with van der Waals surface area (Å²) in [5.74, 6) is -0.970. The first-order valence-electron chi connectivity index (χ1n) is 6.56. The van der Waals surface area contributed by atoms with Gasteiger partial charge >= 0.3 is 6.18 Å². The summed E-state index contributed by atoms with van der Waals surface area (Å²) in [4.78, 5) is 12.6. The van der Waals surface area contributed by atoms with E-state index in [-0.39, 0.29) is 30.8 Å². The normalized spacial score (nSPS) is 22.2. The van der Waals surface area contributed by atoms with E-state index in [1.807, 2.05) is 0 Å². The molecule has 5 nitrogen and oxygen atoms in total. The molecule has 1 aliphatic rings. The molecular weight excluding hydrogens is 299 g/mol. The van der Waals surface area contributed by atoms with Gasteiger partial charge < -0.3 is 15.7 Å². The molecule has 0 spiro atoms. The van der Waals surface area contributed by atoms with Crippen LogP contribution in [0.4, 0.5) is 18.9 Å². The molecule has 1 saturated heterocycles. The Hall–Kier alpha value is -2.27. The van der Waals surface area contributed by atoms with E-state index in [0.29, 0.717) is 6.42 Å². The van der Waals surface area contributed by atoms with Crippen LogP contribution in [0.3, 0.4) is 0 Å². The van der Waals surface area contributed by atoms with Gasteiger partial charge in [0, 0.05) is 6.54 Å². The van der Waals surface area contributed by atoms with Gasteiger partial charge in [-0.3, -0.25) is 4.79 Å². The fourth-order valence-electron chi connectivity index (χ4n) is 2.55. The highest BCUT2D eigenvalue weighted by Gasteiger charge is 2.41. The van der Waals surface area contributed by atoms with E-state index in [1.54, 1.807) is 6.07 Å². The van der Waals surface area contributed by atoms with Crippen molar-refractivity contribution in [1.29, 1.82) is 5.26 Å². The summed E-state index contributed by atoms with van der Waals surface area (Å²) in [6.45, 7) is -0.103. The molecule has 1 fully saturated rings. The van der Waals surface area contributed by atoms with Crippen LogP contribution in [0.25, 0.3) is 0 Å². The van der Waals surface area contributed by atoms with E-state index in [9.17, 15) is 23.1 Å². The number of aliphatic hydroxyl groups is 1. The number of carbonyl (C=O) groups is 1. The second-order valence-corrected chi connectivity index (χ2v) is 5.26. The molecule has 1 aromatic rings. The molecule has 0 aliphatic carbocycles. The van der Waals surface area contributed by atoms with Gasteiger partial charge in [-0.1, -0.05) is 0 Å². The summed E-state index contributed by atoms with van der Waals surface area (Å²) < 4.78 is 39.4. The quantitative estimate of drug-likeness (QED) is 0.863. The molecule has 1 unspecified atom stereocenters.